The molecule has 0 fully saturated rings. The van der Waals surface area contributed by atoms with Crippen LogP contribution in [0.4, 0.5) is 0 Å². The molecule has 0 atom stereocenters. The van der Waals surface area contributed by atoms with Crippen molar-refractivity contribution in [1.29, 1.82) is 0 Å². The molecule has 3 rings (SSSR count). The van der Waals surface area contributed by atoms with Crippen LogP contribution in [0, 0.1) is 0 Å². The molecule has 1 aromatic heterocycles. The molecule has 0 aliphatic carbocycles. The molecule has 4 heteroatoms. The summed E-state index contributed by atoms with van der Waals surface area (Å²) < 4.78 is 0. The smallest absolute Gasteiger partial charge is 0.300 e. The van der Waals surface area contributed by atoms with Crippen molar-refractivity contribution in [2.75, 3.05) is 0 Å². The molecule has 0 aliphatic rings. The van der Waals surface area contributed by atoms with Crippen LogP contribution in [0.15, 0.2) is 54.7 Å². The third kappa shape index (κ3) is 4.83. The number of hydrogen-bond donors (Lipinski definition) is 0. The maximum atomic E-state index is 10.0. The van der Waals surface area contributed by atoms with Gasteiger partial charge in [-0.1, -0.05) is 42.5 Å². The Labute approximate surface area is 143 Å². The maximum Gasteiger partial charge on any atom is 3.00 e. The number of ketones is 2. The molecule has 22 heavy (non-hydrogen) atoms. The zero-order valence-corrected chi connectivity index (χ0v) is 14.9. The van der Waals surface area contributed by atoms with Crippen LogP contribution in [0.2, 0.25) is 0 Å². The molecular weight excluding hydrogens is 454 g/mol. The standard InChI is InChI=1S/C13H9N.C5H8O2.Ir/c1-2-6-12-10(4-1)7-8-11-5-3-9-14-13(11)12;1-4(6)3-5(2)7;/h1-9H;3H2,1-2H3;/q;;+3. The van der Waals surface area contributed by atoms with Crippen LogP contribution in [-0.2, 0) is 29.7 Å². The molecule has 3 nitrogen and oxygen atoms in total. The van der Waals surface area contributed by atoms with E-state index in [9.17, 15) is 9.59 Å². The van der Waals surface area contributed by atoms with Gasteiger partial charge < -0.3 is 0 Å². The number of rotatable bonds is 2. The summed E-state index contributed by atoms with van der Waals surface area (Å²) in [4.78, 5) is 24.5. The van der Waals surface area contributed by atoms with Crippen LogP contribution >= 0.6 is 0 Å². The Hall–Kier alpha value is -1.90. The van der Waals surface area contributed by atoms with Crippen molar-refractivity contribution in [2.45, 2.75) is 20.3 Å². The number of Topliss-reactive ketones (excluding diaryl/α,β-unsaturated/α-hetero) is 2. The van der Waals surface area contributed by atoms with Gasteiger partial charge in [-0.3, -0.25) is 14.6 Å². The van der Waals surface area contributed by atoms with Crippen LogP contribution < -0.4 is 0 Å². The van der Waals surface area contributed by atoms with Gasteiger partial charge in [-0.2, -0.15) is 0 Å². The normalized spacial score (nSPS) is 9.55. The fourth-order valence-corrected chi connectivity index (χ4v) is 2.17. The van der Waals surface area contributed by atoms with Gasteiger partial charge in [-0.25, -0.2) is 0 Å². The van der Waals surface area contributed by atoms with Crippen LogP contribution in [0.25, 0.3) is 21.7 Å². The van der Waals surface area contributed by atoms with E-state index in [2.05, 4.69) is 47.4 Å². The van der Waals surface area contributed by atoms with Gasteiger partial charge in [0.25, 0.3) is 0 Å². The maximum absolute atomic E-state index is 10.0. The molecule has 1 heterocycles. The Bertz CT molecular complexity index is 732. The van der Waals surface area contributed by atoms with E-state index in [1.165, 1.54) is 30.0 Å². The molecule has 0 spiro atoms. The van der Waals surface area contributed by atoms with Gasteiger partial charge in [0, 0.05) is 17.0 Å². The van der Waals surface area contributed by atoms with Crippen molar-refractivity contribution < 1.29 is 29.7 Å². The van der Waals surface area contributed by atoms with Gasteiger partial charge in [-0.05, 0) is 25.3 Å². The first-order valence-electron chi connectivity index (χ1n) is 6.79. The molecule has 0 bridgehead atoms. The Morgan fingerprint density at radius 1 is 0.864 bits per heavy atom. The van der Waals surface area contributed by atoms with Gasteiger partial charge >= 0.3 is 20.1 Å². The number of nitrogens with zero attached hydrogens (tertiary/aromatic N) is 1. The summed E-state index contributed by atoms with van der Waals surface area (Å²) in [5.41, 5.74) is 1.09. The summed E-state index contributed by atoms with van der Waals surface area (Å²) in [6.45, 7) is 2.81. The average molecular weight is 472 g/mol. The summed E-state index contributed by atoms with van der Waals surface area (Å²) in [7, 11) is 0. The summed E-state index contributed by atoms with van der Waals surface area (Å²) in [6, 6.07) is 16.7. The second kappa shape index (κ2) is 8.52. The van der Waals surface area contributed by atoms with Gasteiger partial charge in [0.1, 0.15) is 11.6 Å². The predicted octanol–water partition coefficient (Wildman–Crippen LogP) is 3.94. The van der Waals surface area contributed by atoms with Crippen molar-refractivity contribution in [3.8, 4) is 0 Å². The number of carbonyl (C=O) groups is 2. The topological polar surface area (TPSA) is 47.0 Å². The number of benzene rings is 2. The van der Waals surface area contributed by atoms with Gasteiger partial charge in [-0.15, -0.1) is 0 Å². The van der Waals surface area contributed by atoms with E-state index in [-0.39, 0.29) is 38.1 Å². The summed E-state index contributed by atoms with van der Waals surface area (Å²) in [6.07, 6.45) is 1.93. The van der Waals surface area contributed by atoms with Crippen LogP contribution in [0.1, 0.15) is 20.3 Å². The Morgan fingerprint density at radius 3 is 2.09 bits per heavy atom. The Morgan fingerprint density at radius 2 is 1.45 bits per heavy atom. The van der Waals surface area contributed by atoms with E-state index < -0.39 is 0 Å². The quantitative estimate of drug-likeness (QED) is 0.420. The molecule has 0 radical (unpaired) electrons. The van der Waals surface area contributed by atoms with Crippen LogP contribution in [0.3, 0.4) is 0 Å². The number of fused-ring (bicyclic) bond motifs is 3. The molecule has 0 N–H and O–H groups in total. The van der Waals surface area contributed by atoms with Crippen LogP contribution in [0.5, 0.6) is 0 Å². The monoisotopic (exact) mass is 472 g/mol. The SMILES string of the molecule is CC(=O)CC(C)=O.[Ir+3].c1ccc2c(c1)ccc1cccnc12. The molecule has 0 amide bonds. The molecule has 2 aromatic carbocycles. The molecule has 0 saturated heterocycles. The molecule has 0 saturated carbocycles. The second-order valence-electron chi connectivity index (χ2n) is 4.94. The summed E-state index contributed by atoms with van der Waals surface area (Å²) >= 11 is 0. The van der Waals surface area contributed by atoms with Crippen molar-refractivity contribution in [2.24, 2.45) is 0 Å². The minimum absolute atomic E-state index is 0. The van der Waals surface area contributed by atoms with Crippen LogP contribution in [-0.4, -0.2) is 16.6 Å². The summed E-state index contributed by atoms with van der Waals surface area (Å²) in [5, 5.41) is 3.68. The Balaban J connectivity index is 0.000000264. The third-order valence-corrected chi connectivity index (χ3v) is 3.00. The number of aromatic nitrogens is 1. The van der Waals surface area contributed by atoms with E-state index in [0.29, 0.717) is 0 Å². The van der Waals surface area contributed by atoms with E-state index in [0.717, 1.165) is 5.52 Å². The third-order valence-electron chi connectivity index (χ3n) is 3.00. The molecule has 112 valence electrons. The van der Waals surface area contributed by atoms with Crippen molar-refractivity contribution in [1.82, 2.24) is 4.98 Å². The van der Waals surface area contributed by atoms with E-state index in [1.807, 2.05) is 12.3 Å². The minimum atomic E-state index is -0.0625. The fraction of sp³-hybridized carbons (Fsp3) is 0.167. The fourth-order valence-electron chi connectivity index (χ4n) is 2.17. The van der Waals surface area contributed by atoms with E-state index in [1.54, 1.807) is 0 Å². The molecule has 3 aromatic rings. The first-order valence-corrected chi connectivity index (χ1v) is 6.79. The number of hydrogen-bond acceptors (Lipinski definition) is 3. The molecule has 0 aliphatic heterocycles. The summed E-state index contributed by atoms with van der Waals surface area (Å²) in [5.74, 6) is -0.125. The number of carbonyl (C=O) groups excluding carboxylic acids is 2. The van der Waals surface area contributed by atoms with Crippen molar-refractivity contribution >= 4 is 33.2 Å². The largest absolute Gasteiger partial charge is 3.00 e. The minimum Gasteiger partial charge on any atom is -0.300 e. The second-order valence-corrected chi connectivity index (χ2v) is 4.94. The van der Waals surface area contributed by atoms with Crippen molar-refractivity contribution in [3.05, 3.63) is 54.7 Å². The molecular formula is C18H17IrNO2+3. The number of pyridine rings is 1. The Kier molecular flexibility index (Phi) is 7.03. The first-order chi connectivity index (χ1) is 10.1. The van der Waals surface area contributed by atoms with E-state index in [4.69, 9.17) is 0 Å². The predicted molar refractivity (Wildman–Crippen MR) is 85.2 cm³/mol. The zero-order chi connectivity index (χ0) is 15.2. The van der Waals surface area contributed by atoms with E-state index >= 15 is 0 Å². The molecule has 0 unspecified atom stereocenters. The first kappa shape index (κ1) is 18.1. The van der Waals surface area contributed by atoms with Gasteiger partial charge in [0.15, 0.2) is 0 Å². The van der Waals surface area contributed by atoms with Crippen molar-refractivity contribution in [3.63, 3.8) is 0 Å². The zero-order valence-electron chi connectivity index (χ0n) is 12.5. The average Bonchev–Trinajstić information content (AvgIpc) is 2.46. The van der Waals surface area contributed by atoms with Gasteiger partial charge in [0.05, 0.1) is 11.9 Å². The van der Waals surface area contributed by atoms with Gasteiger partial charge in [0.2, 0.25) is 0 Å².